The number of hydrogen-bond donors (Lipinski definition) is 0. The molecule has 0 radical (unpaired) electrons. The number of hydrogen-bond acceptors (Lipinski definition) is 2. The van der Waals surface area contributed by atoms with Gasteiger partial charge in [0.05, 0.1) is 6.20 Å². The molecule has 0 N–H and O–H groups in total. The molecule has 1 aromatic rings. The Hall–Kier alpha value is -1.10. The topological polar surface area (TPSA) is 25.8 Å². The van der Waals surface area contributed by atoms with Crippen LogP contribution in [0.3, 0.4) is 0 Å². The zero-order chi connectivity index (χ0) is 6.69. The van der Waals surface area contributed by atoms with Crippen molar-refractivity contribution in [2.24, 2.45) is 0 Å². The first-order valence-corrected chi connectivity index (χ1v) is 2.91. The molecular formula is C7H8N2. The SMILES string of the molecule is CC(C)c1nc#ccn1. The summed E-state index contributed by atoms with van der Waals surface area (Å²) in [6, 6.07) is 2.64. The van der Waals surface area contributed by atoms with Gasteiger partial charge >= 0.3 is 0 Å². The average molecular weight is 120 g/mol. The predicted octanol–water partition coefficient (Wildman–Crippen LogP) is 1.20. The van der Waals surface area contributed by atoms with E-state index in [1.165, 1.54) is 0 Å². The largest absolute Gasteiger partial charge is 0.231 e. The fourth-order valence-electron chi connectivity index (χ4n) is 0.524. The summed E-state index contributed by atoms with van der Waals surface area (Å²) in [6.45, 7) is 4.09. The third-order valence-corrected chi connectivity index (χ3v) is 1.01. The maximum atomic E-state index is 3.98. The third kappa shape index (κ3) is 1.39. The summed E-state index contributed by atoms with van der Waals surface area (Å²) in [7, 11) is 0. The van der Waals surface area contributed by atoms with Gasteiger partial charge in [-0.2, -0.15) is 4.98 Å². The van der Waals surface area contributed by atoms with E-state index in [1.807, 2.05) is 13.8 Å². The Balaban J connectivity index is 2.85. The minimum absolute atomic E-state index is 0.385. The van der Waals surface area contributed by atoms with Crippen LogP contribution in [0, 0.1) is 12.3 Å². The minimum Gasteiger partial charge on any atom is -0.231 e. The molecule has 0 aliphatic carbocycles. The molecule has 0 spiro atoms. The van der Waals surface area contributed by atoms with Crippen LogP contribution in [0.2, 0.25) is 0 Å². The Kier molecular flexibility index (Phi) is 1.64. The van der Waals surface area contributed by atoms with E-state index in [-0.39, 0.29) is 0 Å². The monoisotopic (exact) mass is 120 g/mol. The molecule has 0 aliphatic heterocycles. The smallest absolute Gasteiger partial charge is 0.142 e. The summed E-state index contributed by atoms with van der Waals surface area (Å²) >= 11 is 0. The van der Waals surface area contributed by atoms with Crippen LogP contribution in [0.1, 0.15) is 25.6 Å². The lowest BCUT2D eigenvalue weighted by molar-refractivity contribution is 0.776. The minimum atomic E-state index is 0.385. The molecule has 9 heavy (non-hydrogen) atoms. The van der Waals surface area contributed by atoms with Crippen molar-refractivity contribution in [2.75, 3.05) is 0 Å². The van der Waals surface area contributed by atoms with Crippen LogP contribution in [0.25, 0.3) is 0 Å². The number of rotatable bonds is 1. The van der Waals surface area contributed by atoms with Crippen LogP contribution in [0.5, 0.6) is 0 Å². The summed E-state index contributed by atoms with van der Waals surface area (Å²) in [6.07, 6.45) is 4.19. The zero-order valence-electron chi connectivity index (χ0n) is 5.55. The fraction of sp³-hybridized carbons (Fsp3) is 0.429. The van der Waals surface area contributed by atoms with E-state index in [4.69, 9.17) is 0 Å². The highest BCUT2D eigenvalue weighted by atomic mass is 14.8. The average Bonchev–Trinajstić information content (AvgIpc) is 1.90. The van der Waals surface area contributed by atoms with Gasteiger partial charge < -0.3 is 0 Å². The molecule has 0 aliphatic rings. The van der Waals surface area contributed by atoms with Crippen molar-refractivity contribution in [3.8, 4) is 0 Å². The van der Waals surface area contributed by atoms with Crippen LogP contribution in [-0.4, -0.2) is 9.97 Å². The molecule has 1 aromatic heterocycles. The Morgan fingerprint density at radius 3 is 2.67 bits per heavy atom. The quantitative estimate of drug-likeness (QED) is 0.556. The molecule has 0 saturated carbocycles. The molecule has 0 saturated heterocycles. The lowest BCUT2D eigenvalue weighted by Gasteiger charge is -1.96. The second-order valence-corrected chi connectivity index (χ2v) is 2.14. The first-order chi connectivity index (χ1) is 4.30. The van der Waals surface area contributed by atoms with E-state index in [0.717, 1.165) is 5.82 Å². The van der Waals surface area contributed by atoms with Crippen molar-refractivity contribution in [1.82, 2.24) is 9.97 Å². The van der Waals surface area contributed by atoms with Crippen LogP contribution >= 0.6 is 0 Å². The highest BCUT2D eigenvalue weighted by molar-refractivity contribution is 4.88. The lowest BCUT2D eigenvalue weighted by atomic mass is 10.2. The molecule has 0 unspecified atom stereocenters. The lowest BCUT2D eigenvalue weighted by Crippen LogP contribution is -1.92. The van der Waals surface area contributed by atoms with Crippen molar-refractivity contribution in [3.63, 3.8) is 0 Å². The molecule has 1 heterocycles. The van der Waals surface area contributed by atoms with Crippen LogP contribution < -0.4 is 0 Å². The standard InChI is InChI=1S/C7H8N2/c1-6(2)7-8-4-3-5-9-7/h4,6H,1-2H3. The van der Waals surface area contributed by atoms with Gasteiger partial charge in [-0.25, -0.2) is 4.98 Å². The molecular weight excluding hydrogens is 112 g/mol. The van der Waals surface area contributed by atoms with Gasteiger partial charge in [0, 0.05) is 12.1 Å². The van der Waals surface area contributed by atoms with Gasteiger partial charge in [-0.3, -0.25) is 0 Å². The number of aromatic nitrogens is 2. The first-order valence-electron chi connectivity index (χ1n) is 2.91. The molecule has 0 aromatic carbocycles. The van der Waals surface area contributed by atoms with Gasteiger partial charge in [0.1, 0.15) is 5.82 Å². The molecule has 46 valence electrons. The summed E-state index contributed by atoms with van der Waals surface area (Å²) in [5.41, 5.74) is 0. The van der Waals surface area contributed by atoms with Gasteiger partial charge in [-0.05, 0) is 6.07 Å². The second kappa shape index (κ2) is 2.45. The van der Waals surface area contributed by atoms with Crippen molar-refractivity contribution >= 4 is 0 Å². The molecule has 0 atom stereocenters. The van der Waals surface area contributed by atoms with E-state index < -0.39 is 0 Å². The predicted molar refractivity (Wildman–Crippen MR) is 33.8 cm³/mol. The highest BCUT2D eigenvalue weighted by Gasteiger charge is 1.97. The second-order valence-electron chi connectivity index (χ2n) is 2.14. The molecule has 0 amide bonds. The van der Waals surface area contributed by atoms with E-state index in [0.29, 0.717) is 5.92 Å². The van der Waals surface area contributed by atoms with Crippen molar-refractivity contribution in [2.45, 2.75) is 19.8 Å². The normalized spacial score (nSPS) is 9.22. The molecule has 2 heteroatoms. The molecule has 0 bridgehead atoms. The summed E-state index contributed by atoms with van der Waals surface area (Å²) in [4.78, 5) is 7.87. The molecule has 0 fully saturated rings. The molecule has 2 nitrogen and oxygen atoms in total. The maximum Gasteiger partial charge on any atom is 0.142 e. The third-order valence-electron chi connectivity index (χ3n) is 1.01. The summed E-state index contributed by atoms with van der Waals surface area (Å²) in [5.74, 6) is 1.21. The van der Waals surface area contributed by atoms with Crippen molar-refractivity contribution < 1.29 is 0 Å². The van der Waals surface area contributed by atoms with Crippen molar-refractivity contribution in [3.05, 3.63) is 24.3 Å². The van der Waals surface area contributed by atoms with Gasteiger partial charge in [0.25, 0.3) is 0 Å². The molecule has 1 rings (SSSR count). The Morgan fingerprint density at radius 1 is 1.56 bits per heavy atom. The van der Waals surface area contributed by atoms with Crippen LogP contribution in [0.15, 0.2) is 6.20 Å². The van der Waals surface area contributed by atoms with E-state index in [2.05, 4.69) is 22.2 Å². The fourth-order valence-corrected chi connectivity index (χ4v) is 0.524. The summed E-state index contributed by atoms with van der Waals surface area (Å²) < 4.78 is 0. The van der Waals surface area contributed by atoms with Crippen LogP contribution in [0.4, 0.5) is 0 Å². The van der Waals surface area contributed by atoms with E-state index in [9.17, 15) is 0 Å². The van der Waals surface area contributed by atoms with Crippen molar-refractivity contribution in [1.29, 1.82) is 0 Å². The van der Waals surface area contributed by atoms with E-state index >= 15 is 0 Å². The van der Waals surface area contributed by atoms with Gasteiger partial charge in [0.15, 0.2) is 0 Å². The Bertz CT molecular complexity index is 170. The number of nitrogens with zero attached hydrogens (tertiary/aromatic N) is 2. The van der Waals surface area contributed by atoms with Gasteiger partial charge in [0.2, 0.25) is 0 Å². The van der Waals surface area contributed by atoms with Gasteiger partial charge in [-0.1, -0.05) is 13.8 Å². The highest BCUT2D eigenvalue weighted by Crippen LogP contribution is 2.03. The Morgan fingerprint density at radius 2 is 2.33 bits per heavy atom. The summed E-state index contributed by atoms with van der Waals surface area (Å²) in [5, 5.41) is 0. The van der Waals surface area contributed by atoms with Crippen LogP contribution in [-0.2, 0) is 0 Å². The maximum absolute atomic E-state index is 3.98. The zero-order valence-corrected chi connectivity index (χ0v) is 5.55. The Labute approximate surface area is 55.0 Å². The first kappa shape index (κ1) is 6.03. The van der Waals surface area contributed by atoms with Gasteiger partial charge in [-0.15, -0.1) is 0 Å². The van der Waals surface area contributed by atoms with E-state index in [1.54, 1.807) is 6.20 Å².